The number of sulfonamides is 1. The van der Waals surface area contributed by atoms with Crippen LogP contribution in [0.2, 0.25) is 0 Å². The quantitative estimate of drug-likeness (QED) is 0.561. The van der Waals surface area contributed by atoms with E-state index in [2.05, 4.69) is 35.8 Å². The van der Waals surface area contributed by atoms with Crippen molar-refractivity contribution in [2.75, 3.05) is 25.4 Å². The van der Waals surface area contributed by atoms with Crippen molar-refractivity contribution in [3.8, 4) is 0 Å². The normalized spacial score (nSPS) is 17.3. The molecule has 0 atom stereocenters. The number of hydrogen-bond acceptors (Lipinski definition) is 3. The monoisotopic (exact) mass is 380 g/mol. The zero-order valence-electron chi connectivity index (χ0n) is 16.2. The average molecular weight is 381 g/mol. The van der Waals surface area contributed by atoms with Crippen LogP contribution in [0.15, 0.2) is 29.3 Å². The minimum atomic E-state index is -3.08. The van der Waals surface area contributed by atoms with Gasteiger partial charge in [-0.1, -0.05) is 31.2 Å². The minimum Gasteiger partial charge on any atom is -0.357 e. The molecule has 6 nitrogen and oxygen atoms in total. The molecule has 1 aromatic carbocycles. The third kappa shape index (κ3) is 5.71. The summed E-state index contributed by atoms with van der Waals surface area (Å²) in [6.07, 6.45) is 2.60. The van der Waals surface area contributed by atoms with Crippen molar-refractivity contribution in [2.24, 2.45) is 4.99 Å². The third-order valence-corrected chi connectivity index (χ3v) is 6.69. The average Bonchev–Trinajstić information content (AvgIpc) is 2.67. The van der Waals surface area contributed by atoms with E-state index in [4.69, 9.17) is 4.99 Å². The first kappa shape index (κ1) is 20.7. The van der Waals surface area contributed by atoms with Gasteiger partial charge >= 0.3 is 0 Å². The number of aryl methyl sites for hydroxylation is 1. The van der Waals surface area contributed by atoms with E-state index in [1.165, 1.54) is 11.1 Å². The first-order chi connectivity index (χ1) is 12.5. The Hall–Kier alpha value is -1.60. The van der Waals surface area contributed by atoms with E-state index in [0.717, 1.165) is 31.8 Å². The molecule has 1 aliphatic rings. The van der Waals surface area contributed by atoms with Gasteiger partial charge in [-0.3, -0.25) is 0 Å². The van der Waals surface area contributed by atoms with Crippen molar-refractivity contribution in [1.29, 1.82) is 0 Å². The fourth-order valence-electron chi connectivity index (χ4n) is 3.20. The first-order valence-corrected chi connectivity index (χ1v) is 11.2. The third-order valence-electron chi connectivity index (χ3n) is 4.80. The summed E-state index contributed by atoms with van der Waals surface area (Å²) in [5.41, 5.74) is 2.57. The second-order valence-corrected chi connectivity index (χ2v) is 8.79. The van der Waals surface area contributed by atoms with Crippen LogP contribution in [0, 0.1) is 0 Å². The zero-order chi connectivity index (χ0) is 19.0. The lowest BCUT2D eigenvalue weighted by atomic mass is 10.1. The standard InChI is InChI=1S/C19H32N4O2S/c1-4-16-9-7-8-10-17(16)15-21-19(20-5-2)22-18-11-13-23(14-12-18)26(24,25)6-3/h7-10,18H,4-6,11-15H2,1-3H3,(H2,20,21,22). The summed E-state index contributed by atoms with van der Waals surface area (Å²) >= 11 is 0. The Morgan fingerprint density at radius 2 is 1.81 bits per heavy atom. The summed E-state index contributed by atoms with van der Waals surface area (Å²) in [4.78, 5) is 4.73. The second-order valence-electron chi connectivity index (χ2n) is 6.54. The van der Waals surface area contributed by atoms with Crippen molar-refractivity contribution in [3.05, 3.63) is 35.4 Å². The maximum absolute atomic E-state index is 12.0. The molecule has 0 unspecified atom stereocenters. The van der Waals surface area contributed by atoms with Crippen LogP contribution in [-0.2, 0) is 23.0 Å². The van der Waals surface area contributed by atoms with E-state index in [-0.39, 0.29) is 11.8 Å². The van der Waals surface area contributed by atoms with Crippen molar-refractivity contribution in [3.63, 3.8) is 0 Å². The van der Waals surface area contributed by atoms with Gasteiger partial charge in [-0.05, 0) is 44.2 Å². The van der Waals surface area contributed by atoms with Crippen LogP contribution in [0.25, 0.3) is 0 Å². The van der Waals surface area contributed by atoms with Crippen LogP contribution < -0.4 is 10.6 Å². The lowest BCUT2D eigenvalue weighted by Crippen LogP contribution is -2.50. The zero-order valence-corrected chi connectivity index (χ0v) is 17.0. The molecule has 1 aliphatic heterocycles. The SMILES string of the molecule is CCNC(=NCc1ccccc1CC)NC1CCN(S(=O)(=O)CC)CC1. The Morgan fingerprint density at radius 3 is 2.38 bits per heavy atom. The topological polar surface area (TPSA) is 73.8 Å². The molecular formula is C19H32N4O2S. The van der Waals surface area contributed by atoms with E-state index >= 15 is 0 Å². The number of nitrogens with zero attached hydrogens (tertiary/aromatic N) is 2. The van der Waals surface area contributed by atoms with Crippen molar-refractivity contribution in [2.45, 2.75) is 52.6 Å². The Balaban J connectivity index is 1.96. The highest BCUT2D eigenvalue weighted by atomic mass is 32.2. The molecule has 2 rings (SSSR count). The predicted octanol–water partition coefficient (Wildman–Crippen LogP) is 2.12. The summed E-state index contributed by atoms with van der Waals surface area (Å²) < 4.78 is 25.6. The molecule has 0 aromatic heterocycles. The molecule has 146 valence electrons. The smallest absolute Gasteiger partial charge is 0.213 e. The Kier molecular flexibility index (Phi) is 7.90. The highest BCUT2D eigenvalue weighted by Gasteiger charge is 2.26. The van der Waals surface area contributed by atoms with Gasteiger partial charge in [-0.25, -0.2) is 17.7 Å². The fourth-order valence-corrected chi connectivity index (χ4v) is 4.33. The number of benzene rings is 1. The van der Waals surface area contributed by atoms with Gasteiger partial charge in [0, 0.05) is 25.7 Å². The molecule has 0 radical (unpaired) electrons. The molecule has 0 aliphatic carbocycles. The van der Waals surface area contributed by atoms with Crippen LogP contribution in [0.3, 0.4) is 0 Å². The first-order valence-electron chi connectivity index (χ1n) is 9.59. The number of piperidine rings is 1. The van der Waals surface area contributed by atoms with Gasteiger partial charge in [0.2, 0.25) is 10.0 Å². The molecule has 26 heavy (non-hydrogen) atoms. The highest BCUT2D eigenvalue weighted by molar-refractivity contribution is 7.89. The number of rotatable bonds is 7. The molecule has 1 aromatic rings. The summed E-state index contributed by atoms with van der Waals surface area (Å²) in [6.45, 7) is 8.49. The van der Waals surface area contributed by atoms with Gasteiger partial charge in [0.05, 0.1) is 12.3 Å². The van der Waals surface area contributed by atoms with Crippen LogP contribution in [-0.4, -0.2) is 50.1 Å². The number of guanidine groups is 1. The molecular weight excluding hydrogens is 348 g/mol. The van der Waals surface area contributed by atoms with Crippen LogP contribution in [0.1, 0.15) is 44.7 Å². The van der Waals surface area contributed by atoms with Gasteiger partial charge in [0.15, 0.2) is 5.96 Å². The molecule has 1 heterocycles. The van der Waals surface area contributed by atoms with Crippen molar-refractivity contribution >= 4 is 16.0 Å². The van der Waals surface area contributed by atoms with E-state index in [1.807, 2.05) is 13.0 Å². The number of nitrogens with one attached hydrogen (secondary N) is 2. The molecule has 1 fully saturated rings. The van der Waals surface area contributed by atoms with E-state index in [9.17, 15) is 8.42 Å². The van der Waals surface area contributed by atoms with Crippen LogP contribution >= 0.6 is 0 Å². The largest absolute Gasteiger partial charge is 0.357 e. The maximum atomic E-state index is 12.0. The van der Waals surface area contributed by atoms with Gasteiger partial charge < -0.3 is 10.6 Å². The van der Waals surface area contributed by atoms with Gasteiger partial charge in [0.25, 0.3) is 0 Å². The van der Waals surface area contributed by atoms with Gasteiger partial charge in [0.1, 0.15) is 0 Å². The molecule has 1 saturated heterocycles. The Bertz CT molecular complexity index is 695. The fraction of sp³-hybridized carbons (Fsp3) is 0.632. The number of hydrogen-bond donors (Lipinski definition) is 2. The Labute approximate surface area is 158 Å². The molecule has 0 amide bonds. The van der Waals surface area contributed by atoms with E-state index < -0.39 is 10.0 Å². The van der Waals surface area contributed by atoms with E-state index in [0.29, 0.717) is 19.6 Å². The predicted molar refractivity (Wildman–Crippen MR) is 108 cm³/mol. The lowest BCUT2D eigenvalue weighted by Gasteiger charge is -2.32. The Morgan fingerprint density at radius 1 is 1.15 bits per heavy atom. The maximum Gasteiger partial charge on any atom is 0.213 e. The molecule has 7 heteroatoms. The van der Waals surface area contributed by atoms with E-state index in [1.54, 1.807) is 11.2 Å². The summed E-state index contributed by atoms with van der Waals surface area (Å²) in [5, 5.41) is 6.77. The van der Waals surface area contributed by atoms with Crippen molar-refractivity contribution in [1.82, 2.24) is 14.9 Å². The molecule has 0 spiro atoms. The van der Waals surface area contributed by atoms with Gasteiger partial charge in [-0.2, -0.15) is 0 Å². The highest BCUT2D eigenvalue weighted by Crippen LogP contribution is 2.15. The second kappa shape index (κ2) is 9.92. The summed E-state index contributed by atoms with van der Waals surface area (Å²) in [6, 6.07) is 8.63. The number of aliphatic imine (C=N–C) groups is 1. The lowest BCUT2D eigenvalue weighted by molar-refractivity contribution is 0.306. The summed E-state index contributed by atoms with van der Waals surface area (Å²) in [7, 11) is -3.08. The van der Waals surface area contributed by atoms with Crippen LogP contribution in [0.5, 0.6) is 0 Å². The molecule has 0 saturated carbocycles. The molecule has 2 N–H and O–H groups in total. The van der Waals surface area contributed by atoms with Crippen LogP contribution in [0.4, 0.5) is 0 Å². The van der Waals surface area contributed by atoms with Crippen molar-refractivity contribution < 1.29 is 8.42 Å². The summed E-state index contributed by atoms with van der Waals surface area (Å²) in [5.74, 6) is 0.974. The minimum absolute atomic E-state index is 0.173. The molecule has 0 bridgehead atoms. The van der Waals surface area contributed by atoms with Gasteiger partial charge in [-0.15, -0.1) is 0 Å².